The molecule has 2 N–H and O–H groups in total. The van der Waals surface area contributed by atoms with Crippen molar-refractivity contribution < 1.29 is 0 Å². The number of thiocarbonyl (C=S) groups is 1. The lowest BCUT2D eigenvalue weighted by Crippen LogP contribution is -2.12. The van der Waals surface area contributed by atoms with Crippen molar-refractivity contribution in [2.45, 2.75) is 19.9 Å². The van der Waals surface area contributed by atoms with E-state index in [0.29, 0.717) is 5.82 Å². The molecule has 0 aliphatic carbocycles. The van der Waals surface area contributed by atoms with E-state index >= 15 is 0 Å². The van der Waals surface area contributed by atoms with Crippen LogP contribution in [0.3, 0.4) is 0 Å². The van der Waals surface area contributed by atoms with Crippen molar-refractivity contribution in [3.8, 4) is 0 Å². The monoisotopic (exact) mass is 230 g/mol. The third-order valence-electron chi connectivity index (χ3n) is 1.64. The highest BCUT2D eigenvalue weighted by Gasteiger charge is 2.02. The van der Waals surface area contributed by atoms with Crippen LogP contribution in [0.25, 0.3) is 0 Å². The Morgan fingerprint density at radius 3 is 3.07 bits per heavy atom. The molecule has 14 heavy (non-hydrogen) atoms. The quantitative estimate of drug-likeness (QED) is 0.585. The lowest BCUT2D eigenvalue weighted by atomic mass is 10.5. The molecule has 6 heteroatoms. The van der Waals surface area contributed by atoms with Gasteiger partial charge in [-0.15, -0.1) is 5.10 Å². The lowest BCUT2D eigenvalue weighted by Gasteiger charge is -1.99. The third-order valence-corrected chi connectivity index (χ3v) is 2.81. The molecule has 0 radical (unpaired) electrons. The SMILES string of the molecule is CCSCCCn1cnc(C(N)=S)n1. The van der Waals surface area contributed by atoms with E-state index in [9.17, 15) is 0 Å². The second kappa shape index (κ2) is 5.98. The van der Waals surface area contributed by atoms with E-state index in [2.05, 4.69) is 17.0 Å². The standard InChI is InChI=1S/C8H14N4S2/c1-2-14-5-3-4-12-6-10-8(11-12)7(9)13/h6H,2-5H2,1H3,(H2,9,13). The van der Waals surface area contributed by atoms with E-state index in [1.807, 2.05) is 11.8 Å². The molecule has 0 fully saturated rings. The highest BCUT2D eigenvalue weighted by molar-refractivity contribution is 7.99. The molecule has 0 bridgehead atoms. The Bertz CT molecular complexity index is 297. The van der Waals surface area contributed by atoms with E-state index in [-0.39, 0.29) is 4.99 Å². The van der Waals surface area contributed by atoms with E-state index in [1.165, 1.54) is 0 Å². The summed E-state index contributed by atoms with van der Waals surface area (Å²) in [6.45, 7) is 3.04. The van der Waals surface area contributed by atoms with Crippen LogP contribution in [0.2, 0.25) is 0 Å². The van der Waals surface area contributed by atoms with Crippen molar-refractivity contribution in [1.82, 2.24) is 14.8 Å². The number of aryl methyl sites for hydroxylation is 1. The largest absolute Gasteiger partial charge is 0.387 e. The van der Waals surface area contributed by atoms with Crippen molar-refractivity contribution >= 4 is 29.0 Å². The summed E-state index contributed by atoms with van der Waals surface area (Å²) < 4.78 is 1.78. The summed E-state index contributed by atoms with van der Waals surface area (Å²) >= 11 is 6.69. The van der Waals surface area contributed by atoms with Gasteiger partial charge >= 0.3 is 0 Å². The minimum atomic E-state index is 0.256. The first-order chi connectivity index (χ1) is 6.74. The molecule has 4 nitrogen and oxygen atoms in total. The van der Waals surface area contributed by atoms with E-state index in [4.69, 9.17) is 18.0 Å². The molecule has 0 saturated heterocycles. The predicted octanol–water partition coefficient (Wildman–Crippen LogP) is 1.06. The fraction of sp³-hybridized carbons (Fsp3) is 0.625. The van der Waals surface area contributed by atoms with Crippen LogP contribution >= 0.6 is 24.0 Å². The molecular weight excluding hydrogens is 216 g/mol. The van der Waals surface area contributed by atoms with Gasteiger partial charge in [0.15, 0.2) is 0 Å². The van der Waals surface area contributed by atoms with Gasteiger partial charge in [-0.2, -0.15) is 11.8 Å². The number of hydrogen-bond acceptors (Lipinski definition) is 4. The number of thioether (sulfide) groups is 1. The number of hydrogen-bond donors (Lipinski definition) is 1. The molecule has 1 aromatic rings. The molecule has 78 valence electrons. The Morgan fingerprint density at radius 1 is 1.71 bits per heavy atom. The first kappa shape index (κ1) is 11.5. The predicted molar refractivity (Wildman–Crippen MR) is 63.5 cm³/mol. The highest BCUT2D eigenvalue weighted by atomic mass is 32.2. The average Bonchev–Trinajstić information content (AvgIpc) is 2.61. The van der Waals surface area contributed by atoms with Crippen LogP contribution < -0.4 is 5.73 Å². The Balaban J connectivity index is 2.33. The summed E-state index contributed by atoms with van der Waals surface area (Å²) in [6.07, 6.45) is 2.77. The molecule has 0 aliphatic heterocycles. The van der Waals surface area contributed by atoms with Gasteiger partial charge in [0.1, 0.15) is 11.3 Å². The van der Waals surface area contributed by atoms with Crippen LogP contribution in [0, 0.1) is 0 Å². The fourth-order valence-electron chi connectivity index (χ4n) is 0.988. The van der Waals surface area contributed by atoms with Crippen molar-refractivity contribution in [2.75, 3.05) is 11.5 Å². The van der Waals surface area contributed by atoms with Crippen molar-refractivity contribution in [3.63, 3.8) is 0 Å². The van der Waals surface area contributed by atoms with Crippen molar-refractivity contribution in [1.29, 1.82) is 0 Å². The summed E-state index contributed by atoms with van der Waals surface area (Å²) in [5.74, 6) is 2.77. The van der Waals surface area contributed by atoms with Gasteiger partial charge < -0.3 is 5.73 Å². The summed E-state index contributed by atoms with van der Waals surface area (Å²) in [5, 5.41) is 4.14. The zero-order valence-corrected chi connectivity index (χ0v) is 9.77. The number of aromatic nitrogens is 3. The van der Waals surface area contributed by atoms with Crippen LogP contribution in [-0.4, -0.2) is 31.3 Å². The summed E-state index contributed by atoms with van der Waals surface area (Å²) in [7, 11) is 0. The first-order valence-corrected chi connectivity index (χ1v) is 6.07. The number of rotatable bonds is 6. The third kappa shape index (κ3) is 3.63. The van der Waals surface area contributed by atoms with Gasteiger partial charge in [-0.3, -0.25) is 4.68 Å². The van der Waals surface area contributed by atoms with E-state index < -0.39 is 0 Å². The maximum Gasteiger partial charge on any atom is 0.208 e. The number of nitrogens with zero attached hydrogens (tertiary/aromatic N) is 3. The van der Waals surface area contributed by atoms with Gasteiger partial charge in [0.05, 0.1) is 0 Å². The maximum atomic E-state index is 5.39. The highest BCUT2D eigenvalue weighted by Crippen LogP contribution is 2.02. The van der Waals surface area contributed by atoms with Crippen LogP contribution in [0.5, 0.6) is 0 Å². The molecule has 0 amide bonds. The van der Waals surface area contributed by atoms with Gasteiger partial charge in [-0.1, -0.05) is 19.1 Å². The van der Waals surface area contributed by atoms with Crippen LogP contribution in [0.4, 0.5) is 0 Å². The molecule has 0 aromatic carbocycles. The van der Waals surface area contributed by atoms with Crippen molar-refractivity contribution in [3.05, 3.63) is 12.2 Å². The molecule has 0 spiro atoms. The smallest absolute Gasteiger partial charge is 0.208 e. The lowest BCUT2D eigenvalue weighted by molar-refractivity contribution is 0.603. The molecular formula is C8H14N4S2. The zero-order valence-electron chi connectivity index (χ0n) is 8.14. The summed E-state index contributed by atoms with van der Waals surface area (Å²) in [5.41, 5.74) is 5.39. The topological polar surface area (TPSA) is 56.7 Å². The molecule has 1 aromatic heterocycles. The Labute approximate surface area is 93.3 Å². The zero-order chi connectivity index (χ0) is 10.4. The minimum Gasteiger partial charge on any atom is -0.387 e. The second-order valence-electron chi connectivity index (χ2n) is 2.75. The second-order valence-corrected chi connectivity index (χ2v) is 4.58. The average molecular weight is 230 g/mol. The normalized spacial score (nSPS) is 10.4. The molecule has 1 heterocycles. The maximum absolute atomic E-state index is 5.39. The molecule has 1 rings (SSSR count). The van der Waals surface area contributed by atoms with Gasteiger partial charge in [0.2, 0.25) is 5.82 Å². The van der Waals surface area contributed by atoms with Crippen LogP contribution in [0.1, 0.15) is 19.2 Å². The van der Waals surface area contributed by atoms with Gasteiger partial charge in [-0.25, -0.2) is 4.98 Å². The van der Waals surface area contributed by atoms with Crippen LogP contribution in [0.15, 0.2) is 6.33 Å². The summed E-state index contributed by atoms with van der Waals surface area (Å²) in [6, 6.07) is 0. The van der Waals surface area contributed by atoms with Gasteiger partial charge in [0.25, 0.3) is 0 Å². The minimum absolute atomic E-state index is 0.256. The molecule has 0 aliphatic rings. The van der Waals surface area contributed by atoms with Gasteiger partial charge in [0, 0.05) is 6.54 Å². The van der Waals surface area contributed by atoms with E-state index in [1.54, 1.807) is 11.0 Å². The number of nitrogens with two attached hydrogens (primary N) is 1. The Hall–Kier alpha value is -0.620. The Kier molecular flexibility index (Phi) is 4.89. The van der Waals surface area contributed by atoms with Gasteiger partial charge in [-0.05, 0) is 17.9 Å². The fourth-order valence-corrected chi connectivity index (χ4v) is 1.70. The first-order valence-electron chi connectivity index (χ1n) is 4.51. The molecule has 0 unspecified atom stereocenters. The van der Waals surface area contributed by atoms with Crippen molar-refractivity contribution in [2.24, 2.45) is 5.73 Å². The molecule has 0 saturated carbocycles. The van der Waals surface area contributed by atoms with Crippen LogP contribution in [-0.2, 0) is 6.54 Å². The van der Waals surface area contributed by atoms with E-state index in [0.717, 1.165) is 24.5 Å². The summed E-state index contributed by atoms with van der Waals surface area (Å²) in [4.78, 5) is 4.25. The Morgan fingerprint density at radius 2 is 2.50 bits per heavy atom. The molecule has 0 atom stereocenters.